The summed E-state index contributed by atoms with van der Waals surface area (Å²) in [5.41, 5.74) is 2.30. The van der Waals surface area contributed by atoms with Gasteiger partial charge in [0.2, 0.25) is 0 Å². The molecule has 10 heteroatoms. The Hall–Kier alpha value is -2.98. The SMILES string of the molecule is CN1C(=O)c2cccc(OC(F)F)c2[C@H]2C[C@@H]1c1nc3ccc(B4OC(C)(C)C(C)(C)O4)cc3n12. The summed E-state index contributed by atoms with van der Waals surface area (Å²) in [5.74, 6) is 0.509. The zero-order valence-electron chi connectivity index (χ0n) is 20.2. The van der Waals surface area contributed by atoms with Crippen molar-refractivity contribution >= 4 is 29.5 Å². The predicted octanol–water partition coefficient (Wildman–Crippen LogP) is 4.06. The van der Waals surface area contributed by atoms with Crippen LogP contribution in [0, 0.1) is 0 Å². The van der Waals surface area contributed by atoms with Crippen LogP contribution in [0.4, 0.5) is 8.78 Å². The molecule has 2 aromatic carbocycles. The Balaban J connectivity index is 1.52. The molecule has 35 heavy (non-hydrogen) atoms. The van der Waals surface area contributed by atoms with E-state index >= 15 is 0 Å². The van der Waals surface area contributed by atoms with Crippen LogP contribution >= 0.6 is 0 Å². The van der Waals surface area contributed by atoms with Crippen LogP contribution in [0.1, 0.15) is 67.9 Å². The normalized spacial score (nSPS) is 24.2. The Bertz CT molecular complexity index is 1360. The number of fused-ring (bicyclic) bond motifs is 9. The first-order valence-corrected chi connectivity index (χ1v) is 11.7. The van der Waals surface area contributed by atoms with Gasteiger partial charge in [0.25, 0.3) is 5.91 Å². The number of hydrogen-bond acceptors (Lipinski definition) is 5. The summed E-state index contributed by atoms with van der Waals surface area (Å²) < 4.78 is 46.0. The molecule has 3 aliphatic heterocycles. The fraction of sp³-hybridized carbons (Fsp3) is 0.440. The first kappa shape index (κ1) is 22.5. The Labute approximate surface area is 202 Å². The molecule has 0 N–H and O–H groups in total. The molecule has 3 aromatic rings. The van der Waals surface area contributed by atoms with E-state index in [1.54, 1.807) is 24.1 Å². The lowest BCUT2D eigenvalue weighted by Gasteiger charge is -2.32. The number of halogens is 2. The third-order valence-corrected chi connectivity index (χ3v) is 7.96. The Kier molecular flexibility index (Phi) is 4.67. The summed E-state index contributed by atoms with van der Waals surface area (Å²) in [5, 5.41) is 0. The second kappa shape index (κ2) is 7.27. The van der Waals surface area contributed by atoms with E-state index in [1.807, 2.05) is 45.9 Å². The number of benzene rings is 2. The molecule has 2 atom stereocenters. The van der Waals surface area contributed by atoms with Gasteiger partial charge in [0.1, 0.15) is 11.6 Å². The molecule has 1 aromatic heterocycles. The molecule has 0 radical (unpaired) electrons. The minimum Gasteiger partial charge on any atom is -0.434 e. The highest BCUT2D eigenvalue weighted by molar-refractivity contribution is 6.62. The first-order valence-electron chi connectivity index (χ1n) is 11.7. The highest BCUT2D eigenvalue weighted by atomic mass is 19.3. The van der Waals surface area contributed by atoms with Crippen molar-refractivity contribution in [2.75, 3.05) is 7.05 Å². The molecular weight excluding hydrogens is 455 g/mol. The number of nitrogens with zero attached hydrogens (tertiary/aromatic N) is 3. The van der Waals surface area contributed by atoms with Crippen LogP contribution in [-0.4, -0.2) is 52.3 Å². The van der Waals surface area contributed by atoms with Crippen LogP contribution in [-0.2, 0) is 9.31 Å². The van der Waals surface area contributed by atoms with Gasteiger partial charge in [-0.05, 0) is 57.4 Å². The fourth-order valence-corrected chi connectivity index (χ4v) is 5.42. The summed E-state index contributed by atoms with van der Waals surface area (Å²) in [7, 11) is 1.18. The van der Waals surface area contributed by atoms with Crippen LogP contribution in [0.25, 0.3) is 11.0 Å². The Morgan fingerprint density at radius 1 is 1.11 bits per heavy atom. The van der Waals surface area contributed by atoms with Gasteiger partial charge in [-0.2, -0.15) is 8.78 Å². The van der Waals surface area contributed by atoms with Crippen molar-refractivity contribution in [3.63, 3.8) is 0 Å². The number of alkyl halides is 2. The van der Waals surface area contributed by atoms with E-state index in [-0.39, 0.29) is 23.7 Å². The number of hydrogen-bond donors (Lipinski definition) is 0. The van der Waals surface area contributed by atoms with Gasteiger partial charge in [0.15, 0.2) is 0 Å². The molecule has 6 rings (SSSR count). The quantitative estimate of drug-likeness (QED) is 0.529. The minimum absolute atomic E-state index is 0.0155. The van der Waals surface area contributed by atoms with Gasteiger partial charge >= 0.3 is 13.7 Å². The van der Waals surface area contributed by atoms with Gasteiger partial charge < -0.3 is 23.5 Å². The van der Waals surface area contributed by atoms with Crippen molar-refractivity contribution < 1.29 is 27.6 Å². The van der Waals surface area contributed by atoms with Crippen LogP contribution in [0.15, 0.2) is 36.4 Å². The topological polar surface area (TPSA) is 65.8 Å². The van der Waals surface area contributed by atoms with Crippen molar-refractivity contribution in [2.45, 2.75) is 64.0 Å². The number of carbonyl (C=O) groups excluding carboxylic acids is 1. The summed E-state index contributed by atoms with van der Waals surface area (Å²) >= 11 is 0. The molecule has 1 amide bonds. The molecule has 1 saturated heterocycles. The molecule has 0 saturated carbocycles. The van der Waals surface area contributed by atoms with Gasteiger partial charge in [-0.25, -0.2) is 4.98 Å². The highest BCUT2D eigenvalue weighted by Crippen LogP contribution is 2.50. The van der Waals surface area contributed by atoms with Crippen molar-refractivity contribution in [3.05, 3.63) is 53.3 Å². The number of aromatic nitrogens is 2. The number of ether oxygens (including phenoxy) is 1. The number of rotatable bonds is 3. The zero-order chi connectivity index (χ0) is 24.9. The van der Waals surface area contributed by atoms with Crippen molar-refractivity contribution in [1.82, 2.24) is 14.5 Å². The van der Waals surface area contributed by atoms with E-state index in [2.05, 4.69) is 4.57 Å². The van der Waals surface area contributed by atoms with E-state index in [1.165, 1.54) is 6.07 Å². The van der Waals surface area contributed by atoms with Crippen LogP contribution in [0.3, 0.4) is 0 Å². The highest BCUT2D eigenvalue weighted by Gasteiger charge is 2.52. The minimum atomic E-state index is -3.00. The lowest BCUT2D eigenvalue weighted by molar-refractivity contribution is -0.0507. The maximum absolute atomic E-state index is 13.3. The average Bonchev–Trinajstić information content (AvgIpc) is 3.37. The molecule has 0 aliphatic carbocycles. The lowest BCUT2D eigenvalue weighted by Crippen LogP contribution is -2.41. The van der Waals surface area contributed by atoms with Gasteiger partial charge in [0, 0.05) is 24.6 Å². The summed E-state index contributed by atoms with van der Waals surface area (Å²) in [6.07, 6.45) is 0.526. The van der Waals surface area contributed by atoms with Gasteiger partial charge in [0.05, 0.1) is 34.3 Å². The number of imidazole rings is 1. The predicted molar refractivity (Wildman–Crippen MR) is 126 cm³/mol. The fourth-order valence-electron chi connectivity index (χ4n) is 5.42. The van der Waals surface area contributed by atoms with Crippen molar-refractivity contribution in [2.24, 2.45) is 0 Å². The van der Waals surface area contributed by atoms with Gasteiger partial charge in [-0.1, -0.05) is 12.1 Å². The van der Waals surface area contributed by atoms with E-state index in [4.69, 9.17) is 19.0 Å². The average molecular weight is 481 g/mol. The maximum Gasteiger partial charge on any atom is 0.494 e. The monoisotopic (exact) mass is 481 g/mol. The summed E-state index contributed by atoms with van der Waals surface area (Å²) in [4.78, 5) is 19.7. The zero-order valence-corrected chi connectivity index (χ0v) is 20.2. The molecule has 2 bridgehead atoms. The largest absolute Gasteiger partial charge is 0.494 e. The van der Waals surface area contributed by atoms with E-state index in [0.717, 1.165) is 22.3 Å². The Morgan fingerprint density at radius 3 is 2.51 bits per heavy atom. The third-order valence-electron chi connectivity index (χ3n) is 7.96. The third kappa shape index (κ3) is 3.15. The second-order valence-corrected chi connectivity index (χ2v) is 10.5. The molecule has 0 spiro atoms. The second-order valence-electron chi connectivity index (χ2n) is 10.5. The smallest absolute Gasteiger partial charge is 0.434 e. The molecule has 3 aliphatic rings. The van der Waals surface area contributed by atoms with Crippen molar-refractivity contribution in [1.29, 1.82) is 0 Å². The molecule has 4 heterocycles. The van der Waals surface area contributed by atoms with E-state index < -0.39 is 24.9 Å². The molecule has 0 unspecified atom stereocenters. The molecule has 7 nitrogen and oxygen atoms in total. The molecular formula is C25H26BF2N3O4. The van der Waals surface area contributed by atoms with Crippen LogP contribution in [0.5, 0.6) is 5.75 Å². The van der Waals surface area contributed by atoms with E-state index in [0.29, 0.717) is 17.5 Å². The first-order chi connectivity index (χ1) is 16.5. The lowest BCUT2D eigenvalue weighted by atomic mass is 9.79. The van der Waals surface area contributed by atoms with E-state index in [9.17, 15) is 13.6 Å². The summed E-state index contributed by atoms with van der Waals surface area (Å²) in [6.45, 7) is 5.02. The van der Waals surface area contributed by atoms with Gasteiger partial charge in [-0.15, -0.1) is 0 Å². The molecule has 182 valence electrons. The summed E-state index contributed by atoms with van der Waals surface area (Å²) in [6, 6.07) is 9.91. The maximum atomic E-state index is 13.3. The number of amides is 1. The van der Waals surface area contributed by atoms with Crippen LogP contribution in [0.2, 0.25) is 0 Å². The van der Waals surface area contributed by atoms with Gasteiger partial charge in [-0.3, -0.25) is 4.79 Å². The number of carbonyl (C=O) groups is 1. The Morgan fingerprint density at radius 2 is 1.83 bits per heavy atom. The standard InChI is InChI=1S/C25H26BF2N3O4/c1-24(2)25(3,4)35-26(34-24)13-9-10-15-16(11-13)31-17-12-18(21(31)29-15)30(5)22(32)14-7-6-8-19(20(14)17)33-23(27)28/h6-11,17-18,23H,12H2,1-5H3/t17-,18-/m1/s1. The molecule has 1 fully saturated rings. The van der Waals surface area contributed by atoms with Crippen LogP contribution < -0.4 is 10.2 Å². The van der Waals surface area contributed by atoms with Crippen molar-refractivity contribution in [3.8, 4) is 5.75 Å².